The third kappa shape index (κ3) is 5.40. The molecular weight excluding hydrogens is 462 g/mol. The first-order valence-corrected chi connectivity index (χ1v) is 11.5. The van der Waals surface area contributed by atoms with Crippen molar-refractivity contribution in [3.63, 3.8) is 0 Å². The molecular formula is C24H22ClN3O4S. The molecule has 0 unspecified atom stereocenters. The molecule has 7 nitrogen and oxygen atoms in total. The van der Waals surface area contributed by atoms with Crippen LogP contribution in [0.2, 0.25) is 5.02 Å². The number of amides is 2. The number of rotatable bonds is 7. The van der Waals surface area contributed by atoms with Gasteiger partial charge in [-0.05, 0) is 61.0 Å². The Bertz CT molecular complexity index is 1180. The molecule has 0 radical (unpaired) electrons. The van der Waals surface area contributed by atoms with Crippen LogP contribution in [0.3, 0.4) is 0 Å². The van der Waals surface area contributed by atoms with Crippen LogP contribution in [0.4, 0.5) is 11.4 Å². The smallest absolute Gasteiger partial charge is 0.243 e. The molecule has 33 heavy (non-hydrogen) atoms. The Labute approximate surface area is 200 Å². The highest BCUT2D eigenvalue weighted by Crippen LogP contribution is 2.34. The summed E-state index contributed by atoms with van der Waals surface area (Å²) in [6.45, 7) is 2.07. The number of hydrogen-bond acceptors (Lipinski definition) is 6. The molecule has 1 aromatic heterocycles. The van der Waals surface area contributed by atoms with Gasteiger partial charge in [0.05, 0.1) is 25.6 Å². The molecule has 1 fully saturated rings. The van der Waals surface area contributed by atoms with Crippen molar-refractivity contribution in [3.8, 4) is 5.75 Å². The van der Waals surface area contributed by atoms with Crippen molar-refractivity contribution in [2.24, 2.45) is 4.99 Å². The third-order valence-corrected chi connectivity index (χ3v) is 6.71. The zero-order valence-electron chi connectivity index (χ0n) is 18.1. The van der Waals surface area contributed by atoms with Crippen LogP contribution < -0.4 is 10.1 Å². The summed E-state index contributed by atoms with van der Waals surface area (Å²) in [5, 5.41) is 3.34. The second kappa shape index (κ2) is 10.1. The quantitative estimate of drug-likeness (QED) is 0.485. The van der Waals surface area contributed by atoms with Gasteiger partial charge in [0.1, 0.15) is 16.8 Å². The number of thioether (sulfide) groups is 1. The maximum absolute atomic E-state index is 13.2. The van der Waals surface area contributed by atoms with E-state index in [2.05, 4.69) is 10.3 Å². The lowest BCUT2D eigenvalue weighted by Crippen LogP contribution is -2.33. The molecule has 9 heteroatoms. The van der Waals surface area contributed by atoms with Gasteiger partial charge in [0.2, 0.25) is 11.8 Å². The van der Waals surface area contributed by atoms with Gasteiger partial charge in [0.15, 0.2) is 5.17 Å². The standard InChI is InChI=1S/C24H22ClN3O4S/c1-15-19(25)6-3-7-20(15)27-22(29)13-21-23(30)28(14-18-5-4-12-32-18)24(33-21)26-16-8-10-17(31-2)11-9-16/h3-12,21H,13-14H2,1-2H3,(H,27,29)/t21-/m1/s1. The van der Waals surface area contributed by atoms with Crippen LogP contribution in [0, 0.1) is 6.92 Å². The molecule has 3 aromatic rings. The van der Waals surface area contributed by atoms with Gasteiger partial charge >= 0.3 is 0 Å². The lowest BCUT2D eigenvalue weighted by atomic mass is 10.2. The maximum Gasteiger partial charge on any atom is 0.243 e. The fraction of sp³-hybridized carbons (Fsp3) is 0.208. The number of nitrogens with zero attached hydrogens (tertiary/aromatic N) is 2. The second-order valence-corrected chi connectivity index (χ2v) is 8.94. The van der Waals surface area contributed by atoms with Crippen LogP contribution >= 0.6 is 23.4 Å². The van der Waals surface area contributed by atoms with E-state index in [4.69, 9.17) is 20.8 Å². The Morgan fingerprint density at radius 3 is 2.70 bits per heavy atom. The van der Waals surface area contributed by atoms with Crippen molar-refractivity contribution < 1.29 is 18.7 Å². The van der Waals surface area contributed by atoms with E-state index >= 15 is 0 Å². The van der Waals surface area contributed by atoms with Crippen LogP contribution in [-0.2, 0) is 16.1 Å². The Balaban J connectivity index is 1.53. The zero-order chi connectivity index (χ0) is 23.4. The van der Waals surface area contributed by atoms with Crippen molar-refractivity contribution in [3.05, 3.63) is 77.2 Å². The summed E-state index contributed by atoms with van der Waals surface area (Å²) in [6.07, 6.45) is 1.56. The summed E-state index contributed by atoms with van der Waals surface area (Å²) in [5.74, 6) is 0.884. The lowest BCUT2D eigenvalue weighted by Gasteiger charge is -2.15. The average Bonchev–Trinajstić information content (AvgIpc) is 3.42. The van der Waals surface area contributed by atoms with Gasteiger partial charge in [-0.2, -0.15) is 0 Å². The first-order valence-electron chi connectivity index (χ1n) is 10.2. The van der Waals surface area contributed by atoms with Gasteiger partial charge in [-0.15, -0.1) is 0 Å². The molecule has 0 saturated carbocycles. The molecule has 2 aromatic carbocycles. The first-order chi connectivity index (χ1) is 15.9. The maximum atomic E-state index is 13.2. The number of amidine groups is 1. The summed E-state index contributed by atoms with van der Waals surface area (Å²) in [6, 6.07) is 16.1. The predicted octanol–water partition coefficient (Wildman–Crippen LogP) is 5.41. The minimum Gasteiger partial charge on any atom is -0.497 e. The molecule has 0 aliphatic carbocycles. The minimum atomic E-state index is -0.601. The number of furan rings is 1. The molecule has 0 bridgehead atoms. The third-order valence-electron chi connectivity index (χ3n) is 5.12. The van der Waals surface area contributed by atoms with E-state index in [1.807, 2.05) is 19.1 Å². The van der Waals surface area contributed by atoms with Crippen LogP contribution in [0.5, 0.6) is 5.75 Å². The lowest BCUT2D eigenvalue weighted by molar-refractivity contribution is -0.128. The topological polar surface area (TPSA) is 84.1 Å². The van der Waals surface area contributed by atoms with Crippen molar-refractivity contribution in [1.29, 1.82) is 0 Å². The van der Waals surface area contributed by atoms with Gasteiger partial charge in [0.25, 0.3) is 0 Å². The van der Waals surface area contributed by atoms with Crippen molar-refractivity contribution >= 4 is 51.7 Å². The van der Waals surface area contributed by atoms with Crippen molar-refractivity contribution in [1.82, 2.24) is 4.90 Å². The first kappa shape index (κ1) is 22.9. The number of aliphatic imine (C=N–C) groups is 1. The molecule has 170 valence electrons. The van der Waals surface area contributed by atoms with Crippen molar-refractivity contribution in [2.75, 3.05) is 12.4 Å². The molecule has 1 aliphatic heterocycles. The Morgan fingerprint density at radius 2 is 2.00 bits per heavy atom. The largest absolute Gasteiger partial charge is 0.497 e. The number of ether oxygens (including phenoxy) is 1. The fourth-order valence-corrected chi connectivity index (χ4v) is 4.64. The summed E-state index contributed by atoms with van der Waals surface area (Å²) in [4.78, 5) is 32.1. The summed E-state index contributed by atoms with van der Waals surface area (Å²) in [5.41, 5.74) is 2.08. The Hall–Kier alpha value is -3.23. The highest BCUT2D eigenvalue weighted by Gasteiger charge is 2.39. The number of benzene rings is 2. The van der Waals surface area contributed by atoms with Crippen LogP contribution in [0.1, 0.15) is 17.7 Å². The van der Waals surface area contributed by atoms with E-state index in [9.17, 15) is 9.59 Å². The highest BCUT2D eigenvalue weighted by atomic mass is 35.5. The number of carbonyl (C=O) groups is 2. The van der Waals surface area contributed by atoms with Crippen LogP contribution in [0.25, 0.3) is 0 Å². The average molecular weight is 484 g/mol. The second-order valence-electron chi connectivity index (χ2n) is 7.37. The van der Waals surface area contributed by atoms with Gasteiger partial charge in [-0.25, -0.2) is 4.99 Å². The zero-order valence-corrected chi connectivity index (χ0v) is 19.7. The van der Waals surface area contributed by atoms with Gasteiger partial charge in [-0.3, -0.25) is 14.5 Å². The van der Waals surface area contributed by atoms with E-state index in [0.29, 0.717) is 33.1 Å². The number of anilines is 1. The van der Waals surface area contributed by atoms with Crippen LogP contribution in [0.15, 0.2) is 70.3 Å². The molecule has 1 saturated heterocycles. The Kier molecular flexibility index (Phi) is 7.05. The summed E-state index contributed by atoms with van der Waals surface area (Å²) in [7, 11) is 1.60. The fourth-order valence-electron chi connectivity index (χ4n) is 3.31. The molecule has 1 aliphatic rings. The van der Waals surface area contributed by atoms with Crippen molar-refractivity contribution in [2.45, 2.75) is 25.1 Å². The number of halogens is 1. The monoisotopic (exact) mass is 483 g/mol. The van der Waals surface area contributed by atoms with E-state index < -0.39 is 5.25 Å². The molecule has 1 atom stereocenters. The Morgan fingerprint density at radius 1 is 1.21 bits per heavy atom. The van der Waals surface area contributed by atoms with E-state index in [1.165, 1.54) is 11.8 Å². The summed E-state index contributed by atoms with van der Waals surface area (Å²) < 4.78 is 10.6. The van der Waals surface area contributed by atoms with E-state index in [-0.39, 0.29) is 24.8 Å². The van der Waals surface area contributed by atoms with E-state index in [0.717, 1.165) is 5.56 Å². The van der Waals surface area contributed by atoms with Gasteiger partial charge in [0, 0.05) is 17.1 Å². The normalized spacial score (nSPS) is 16.9. The van der Waals surface area contributed by atoms with Crippen LogP contribution in [-0.4, -0.2) is 34.2 Å². The number of hydrogen-bond donors (Lipinski definition) is 1. The SMILES string of the molecule is COc1ccc(N=C2S[C@H](CC(=O)Nc3cccc(Cl)c3C)C(=O)N2Cc2ccco2)cc1. The number of carbonyl (C=O) groups excluding carboxylic acids is 2. The predicted molar refractivity (Wildman–Crippen MR) is 130 cm³/mol. The highest BCUT2D eigenvalue weighted by molar-refractivity contribution is 8.15. The molecule has 2 heterocycles. The summed E-state index contributed by atoms with van der Waals surface area (Å²) >= 11 is 7.41. The number of methoxy groups -OCH3 is 1. The van der Waals surface area contributed by atoms with Gasteiger partial charge in [-0.1, -0.05) is 29.4 Å². The minimum absolute atomic E-state index is 0.00570. The van der Waals surface area contributed by atoms with Gasteiger partial charge < -0.3 is 14.5 Å². The number of nitrogens with one attached hydrogen (secondary N) is 1. The molecule has 0 spiro atoms. The van der Waals surface area contributed by atoms with E-state index in [1.54, 1.807) is 60.7 Å². The molecule has 2 amide bonds. The molecule has 4 rings (SSSR count). The molecule has 1 N–H and O–H groups in total.